The average Bonchev–Trinajstić information content (AvgIpc) is 3.16. The van der Waals surface area contributed by atoms with Gasteiger partial charge >= 0.3 is 0 Å². The molecule has 0 aliphatic carbocycles. The number of anilines is 1. The summed E-state index contributed by atoms with van der Waals surface area (Å²) in [6.07, 6.45) is 3.68. The second-order valence-electron chi connectivity index (χ2n) is 7.79. The zero-order valence-corrected chi connectivity index (χ0v) is 16.4. The Morgan fingerprint density at radius 2 is 2.17 bits per heavy atom. The van der Waals surface area contributed by atoms with Crippen molar-refractivity contribution >= 4 is 28.5 Å². The lowest BCUT2D eigenvalue weighted by molar-refractivity contribution is 0.466. The van der Waals surface area contributed by atoms with Crippen molar-refractivity contribution in [3.8, 4) is 0 Å². The van der Waals surface area contributed by atoms with Crippen molar-refractivity contribution in [3.05, 3.63) is 46.4 Å². The summed E-state index contributed by atoms with van der Waals surface area (Å²) in [6, 6.07) is 8.18. The van der Waals surface area contributed by atoms with Crippen molar-refractivity contribution in [3.63, 3.8) is 0 Å². The van der Waals surface area contributed by atoms with E-state index in [1.807, 2.05) is 30.1 Å². The fraction of sp³-hybridized carbons (Fsp3) is 0.400. The normalized spacial score (nSPS) is 19.4. The SMILES string of the molecule is CN1Cc2ccccc2N=C1Cn1ncc2nc(N3CCCC(N)C3)[nH]c2c1=O. The van der Waals surface area contributed by atoms with E-state index >= 15 is 0 Å². The van der Waals surface area contributed by atoms with Crippen LogP contribution in [0.15, 0.2) is 40.2 Å². The van der Waals surface area contributed by atoms with E-state index in [4.69, 9.17) is 10.7 Å². The van der Waals surface area contributed by atoms with Crippen LogP contribution in [0, 0.1) is 0 Å². The molecule has 3 N–H and O–H groups in total. The van der Waals surface area contributed by atoms with Crippen LogP contribution in [0.1, 0.15) is 18.4 Å². The summed E-state index contributed by atoms with van der Waals surface area (Å²) in [5.41, 5.74) is 9.04. The zero-order chi connectivity index (χ0) is 20.0. The van der Waals surface area contributed by atoms with Crippen LogP contribution in [-0.4, -0.2) is 56.7 Å². The summed E-state index contributed by atoms with van der Waals surface area (Å²) < 4.78 is 1.44. The number of nitrogens with two attached hydrogens (primary N) is 1. The van der Waals surface area contributed by atoms with Crippen LogP contribution in [0.3, 0.4) is 0 Å². The molecular formula is C20H24N8O. The highest BCUT2D eigenvalue weighted by Gasteiger charge is 2.22. The number of imidazole rings is 1. The number of hydrogen-bond donors (Lipinski definition) is 2. The van der Waals surface area contributed by atoms with Crippen LogP contribution in [-0.2, 0) is 13.1 Å². The number of nitrogens with one attached hydrogen (secondary N) is 1. The summed E-state index contributed by atoms with van der Waals surface area (Å²) >= 11 is 0. The van der Waals surface area contributed by atoms with E-state index in [1.165, 1.54) is 10.2 Å². The molecular weight excluding hydrogens is 368 g/mol. The summed E-state index contributed by atoms with van der Waals surface area (Å²) in [4.78, 5) is 29.7. The van der Waals surface area contributed by atoms with Crippen LogP contribution in [0.4, 0.5) is 11.6 Å². The average molecular weight is 392 g/mol. The van der Waals surface area contributed by atoms with Gasteiger partial charge in [-0.25, -0.2) is 14.7 Å². The molecule has 29 heavy (non-hydrogen) atoms. The molecule has 4 heterocycles. The van der Waals surface area contributed by atoms with Gasteiger partial charge in [-0.15, -0.1) is 0 Å². The Morgan fingerprint density at radius 3 is 3.03 bits per heavy atom. The number of para-hydroxylation sites is 1. The Bertz CT molecular complexity index is 1150. The number of hydrogen-bond acceptors (Lipinski definition) is 7. The van der Waals surface area contributed by atoms with Crippen molar-refractivity contribution in [2.45, 2.75) is 32.0 Å². The lowest BCUT2D eigenvalue weighted by atomic mass is 10.1. The van der Waals surface area contributed by atoms with Crippen molar-refractivity contribution in [1.82, 2.24) is 24.6 Å². The first-order chi connectivity index (χ1) is 14.1. The molecule has 0 radical (unpaired) electrons. The Hall–Kier alpha value is -3.20. The first-order valence-electron chi connectivity index (χ1n) is 9.91. The van der Waals surface area contributed by atoms with Crippen molar-refractivity contribution in [2.24, 2.45) is 10.7 Å². The fourth-order valence-electron chi connectivity index (χ4n) is 4.02. The minimum atomic E-state index is -0.197. The van der Waals surface area contributed by atoms with Gasteiger partial charge in [0.1, 0.15) is 23.4 Å². The van der Waals surface area contributed by atoms with Gasteiger partial charge in [-0.2, -0.15) is 5.10 Å². The van der Waals surface area contributed by atoms with Gasteiger partial charge in [-0.3, -0.25) is 4.79 Å². The number of aromatic amines is 1. The quantitative estimate of drug-likeness (QED) is 0.694. The molecule has 5 rings (SSSR count). The minimum Gasteiger partial charge on any atom is -0.357 e. The molecule has 9 heteroatoms. The van der Waals surface area contributed by atoms with Gasteiger partial charge in [0.05, 0.1) is 11.9 Å². The monoisotopic (exact) mass is 392 g/mol. The predicted molar refractivity (Wildman–Crippen MR) is 113 cm³/mol. The summed E-state index contributed by atoms with van der Waals surface area (Å²) in [5, 5.41) is 4.34. The third kappa shape index (κ3) is 3.27. The van der Waals surface area contributed by atoms with Crippen LogP contribution in [0.5, 0.6) is 0 Å². The predicted octanol–water partition coefficient (Wildman–Crippen LogP) is 1.22. The lowest BCUT2D eigenvalue weighted by Gasteiger charge is -2.30. The topological polar surface area (TPSA) is 108 Å². The van der Waals surface area contributed by atoms with Crippen LogP contribution in [0.2, 0.25) is 0 Å². The van der Waals surface area contributed by atoms with Crippen molar-refractivity contribution in [2.75, 3.05) is 25.0 Å². The van der Waals surface area contributed by atoms with E-state index in [0.717, 1.165) is 44.0 Å². The molecule has 2 aromatic heterocycles. The number of benzene rings is 1. The van der Waals surface area contributed by atoms with Gasteiger partial charge in [0.15, 0.2) is 0 Å². The molecule has 0 spiro atoms. The number of aromatic nitrogens is 4. The third-order valence-electron chi connectivity index (χ3n) is 5.62. The molecule has 1 unspecified atom stereocenters. The van der Waals surface area contributed by atoms with Crippen molar-refractivity contribution < 1.29 is 0 Å². The molecule has 1 aromatic carbocycles. The summed E-state index contributed by atoms with van der Waals surface area (Å²) in [6.45, 7) is 2.69. The Labute approximate surface area is 167 Å². The number of fused-ring (bicyclic) bond motifs is 2. The Morgan fingerprint density at radius 1 is 1.31 bits per heavy atom. The van der Waals surface area contributed by atoms with E-state index in [2.05, 4.69) is 26.0 Å². The van der Waals surface area contributed by atoms with E-state index in [-0.39, 0.29) is 11.6 Å². The number of H-pyrrole nitrogens is 1. The molecule has 3 aromatic rings. The lowest BCUT2D eigenvalue weighted by Crippen LogP contribution is -2.43. The van der Waals surface area contributed by atoms with E-state index in [0.29, 0.717) is 23.5 Å². The van der Waals surface area contributed by atoms with Crippen LogP contribution >= 0.6 is 0 Å². The number of rotatable bonds is 3. The number of aliphatic imine (C=N–C) groups is 1. The van der Waals surface area contributed by atoms with E-state index < -0.39 is 0 Å². The highest BCUT2D eigenvalue weighted by Crippen LogP contribution is 2.25. The second-order valence-corrected chi connectivity index (χ2v) is 7.79. The first-order valence-corrected chi connectivity index (χ1v) is 9.91. The Kier molecular flexibility index (Phi) is 4.31. The highest BCUT2D eigenvalue weighted by atomic mass is 16.1. The maximum Gasteiger partial charge on any atom is 0.293 e. The van der Waals surface area contributed by atoms with E-state index in [1.54, 1.807) is 6.20 Å². The minimum absolute atomic E-state index is 0.134. The second kappa shape index (κ2) is 7.00. The molecule has 9 nitrogen and oxygen atoms in total. The maximum atomic E-state index is 13.0. The van der Waals surface area contributed by atoms with Gasteiger partial charge in [0.25, 0.3) is 5.56 Å². The number of likely N-dealkylation sites (N-methyl/N-ethyl adjacent to an activating group) is 1. The smallest absolute Gasteiger partial charge is 0.293 e. The number of nitrogens with zero attached hydrogens (tertiary/aromatic N) is 6. The highest BCUT2D eigenvalue weighted by molar-refractivity contribution is 5.87. The van der Waals surface area contributed by atoms with E-state index in [9.17, 15) is 4.79 Å². The molecule has 0 saturated carbocycles. The fourth-order valence-corrected chi connectivity index (χ4v) is 4.02. The van der Waals surface area contributed by atoms with Crippen LogP contribution < -0.4 is 16.2 Å². The number of piperidine rings is 1. The molecule has 0 amide bonds. The van der Waals surface area contributed by atoms with Gasteiger partial charge in [0, 0.05) is 32.7 Å². The van der Waals surface area contributed by atoms with Crippen LogP contribution in [0.25, 0.3) is 11.0 Å². The maximum absolute atomic E-state index is 13.0. The zero-order valence-electron chi connectivity index (χ0n) is 16.4. The molecule has 0 bridgehead atoms. The third-order valence-corrected chi connectivity index (χ3v) is 5.62. The summed E-state index contributed by atoms with van der Waals surface area (Å²) in [5.74, 6) is 1.49. The number of amidine groups is 1. The standard InChI is InChI=1S/C20H24N8O/c1-26-10-13-5-2-3-7-15(13)23-17(26)12-28-19(29)18-16(9-22-28)24-20(25-18)27-8-4-6-14(21)11-27/h2-3,5,7,9,14H,4,6,8,10-12,21H2,1H3,(H,24,25). The molecule has 150 valence electrons. The summed E-state index contributed by atoms with van der Waals surface area (Å²) in [7, 11) is 1.98. The first kappa shape index (κ1) is 17.9. The molecule has 1 saturated heterocycles. The van der Waals surface area contributed by atoms with Crippen molar-refractivity contribution in [1.29, 1.82) is 0 Å². The van der Waals surface area contributed by atoms with Gasteiger partial charge in [-0.05, 0) is 24.5 Å². The Balaban J connectivity index is 1.46. The molecule has 1 atom stereocenters. The van der Waals surface area contributed by atoms with Gasteiger partial charge in [0.2, 0.25) is 5.95 Å². The van der Waals surface area contributed by atoms with Gasteiger partial charge in [-0.1, -0.05) is 18.2 Å². The molecule has 2 aliphatic rings. The molecule has 1 fully saturated rings. The molecule has 2 aliphatic heterocycles. The van der Waals surface area contributed by atoms with Gasteiger partial charge < -0.3 is 20.5 Å². The largest absolute Gasteiger partial charge is 0.357 e.